The predicted molar refractivity (Wildman–Crippen MR) is 69.4 cm³/mol. The Hall–Kier alpha value is -1.26. The van der Waals surface area contributed by atoms with Crippen molar-refractivity contribution in [2.24, 2.45) is 0 Å². The Labute approximate surface area is 108 Å². The van der Waals surface area contributed by atoms with Crippen LogP contribution >= 0.6 is 0 Å². The number of benzene rings is 1. The van der Waals surface area contributed by atoms with Crippen LogP contribution in [0.2, 0.25) is 0 Å². The van der Waals surface area contributed by atoms with Gasteiger partial charge < -0.3 is 19.1 Å². The molecule has 0 atom stereocenters. The largest absolute Gasteiger partial charge is 0.493 e. The highest BCUT2D eigenvalue weighted by Gasteiger charge is 2.15. The van der Waals surface area contributed by atoms with Gasteiger partial charge in [0.05, 0.1) is 26.9 Å². The summed E-state index contributed by atoms with van der Waals surface area (Å²) in [5.74, 6) is 1.64. The van der Waals surface area contributed by atoms with Gasteiger partial charge in [0.2, 0.25) is 0 Å². The van der Waals surface area contributed by atoms with Gasteiger partial charge in [-0.2, -0.15) is 0 Å². The molecule has 1 saturated heterocycles. The lowest BCUT2D eigenvalue weighted by Crippen LogP contribution is -3.12. The highest BCUT2D eigenvalue weighted by molar-refractivity contribution is 5.42. The van der Waals surface area contributed by atoms with Crippen LogP contribution in [0.25, 0.3) is 0 Å². The molecule has 1 aliphatic heterocycles. The minimum absolute atomic E-state index is 0.657. The highest BCUT2D eigenvalue weighted by atomic mass is 16.5. The first-order valence-corrected chi connectivity index (χ1v) is 6.54. The van der Waals surface area contributed by atoms with Gasteiger partial charge in [0.15, 0.2) is 11.5 Å². The lowest BCUT2D eigenvalue weighted by molar-refractivity contribution is -0.921. The van der Waals surface area contributed by atoms with Crippen LogP contribution in [-0.4, -0.2) is 40.0 Å². The summed E-state index contributed by atoms with van der Waals surface area (Å²) in [5.41, 5.74) is 1.29. The van der Waals surface area contributed by atoms with Crippen molar-refractivity contribution in [1.29, 1.82) is 0 Å². The van der Waals surface area contributed by atoms with Gasteiger partial charge in [0.25, 0.3) is 0 Å². The van der Waals surface area contributed by atoms with E-state index >= 15 is 0 Å². The molecule has 1 fully saturated rings. The zero-order valence-electron chi connectivity index (χ0n) is 11.2. The predicted octanol–water partition coefficient (Wildman–Crippen LogP) is 0.509. The standard InChI is InChI=1S/C14H21NO3/c1-3-18-14-10-12(4-5-13(14)16-2)11-15-6-8-17-9-7-15/h4-5,10H,3,6-9,11H2,1-2H3/p+1. The Morgan fingerprint density at radius 1 is 1.22 bits per heavy atom. The van der Waals surface area contributed by atoms with E-state index < -0.39 is 0 Å². The number of hydrogen-bond donors (Lipinski definition) is 1. The van der Waals surface area contributed by atoms with Gasteiger partial charge in [-0.1, -0.05) is 0 Å². The zero-order chi connectivity index (χ0) is 12.8. The summed E-state index contributed by atoms with van der Waals surface area (Å²) < 4.78 is 16.3. The zero-order valence-corrected chi connectivity index (χ0v) is 11.2. The summed E-state index contributed by atoms with van der Waals surface area (Å²) in [6.45, 7) is 7.55. The molecule has 1 aliphatic rings. The molecule has 1 heterocycles. The van der Waals surface area contributed by atoms with E-state index in [0.29, 0.717) is 6.61 Å². The second-order valence-electron chi connectivity index (χ2n) is 4.46. The number of nitrogens with one attached hydrogen (secondary N) is 1. The molecule has 0 radical (unpaired) electrons. The molecular formula is C14H22NO3+. The van der Waals surface area contributed by atoms with Crippen LogP contribution in [0.5, 0.6) is 11.5 Å². The third-order valence-electron chi connectivity index (χ3n) is 3.18. The van der Waals surface area contributed by atoms with Gasteiger partial charge in [0, 0.05) is 5.56 Å². The summed E-state index contributed by atoms with van der Waals surface area (Å²) in [6.07, 6.45) is 0. The van der Waals surface area contributed by atoms with Gasteiger partial charge in [-0.25, -0.2) is 0 Å². The summed E-state index contributed by atoms with van der Waals surface area (Å²) in [4.78, 5) is 1.56. The van der Waals surface area contributed by atoms with E-state index in [0.717, 1.165) is 44.3 Å². The number of ether oxygens (including phenoxy) is 3. The van der Waals surface area contributed by atoms with Gasteiger partial charge >= 0.3 is 0 Å². The molecule has 0 spiro atoms. The summed E-state index contributed by atoms with van der Waals surface area (Å²) >= 11 is 0. The molecule has 4 nitrogen and oxygen atoms in total. The molecule has 1 aromatic carbocycles. The van der Waals surface area contributed by atoms with Crippen LogP contribution in [0, 0.1) is 0 Å². The third kappa shape index (κ3) is 3.37. The molecule has 0 bridgehead atoms. The monoisotopic (exact) mass is 252 g/mol. The molecule has 2 rings (SSSR count). The van der Waals surface area contributed by atoms with Crippen LogP contribution in [0.15, 0.2) is 18.2 Å². The fourth-order valence-corrected chi connectivity index (χ4v) is 2.22. The van der Waals surface area contributed by atoms with E-state index in [1.54, 1.807) is 12.0 Å². The normalized spacial score (nSPS) is 16.6. The Morgan fingerprint density at radius 3 is 2.67 bits per heavy atom. The van der Waals surface area contributed by atoms with Crippen LogP contribution in [0.3, 0.4) is 0 Å². The number of methoxy groups -OCH3 is 1. The van der Waals surface area contributed by atoms with Gasteiger partial charge in [-0.15, -0.1) is 0 Å². The number of quaternary nitrogens is 1. The maximum Gasteiger partial charge on any atom is 0.161 e. The molecule has 18 heavy (non-hydrogen) atoms. The van der Waals surface area contributed by atoms with Crippen molar-refractivity contribution in [1.82, 2.24) is 0 Å². The van der Waals surface area contributed by atoms with Crippen molar-refractivity contribution in [3.8, 4) is 11.5 Å². The van der Waals surface area contributed by atoms with E-state index in [4.69, 9.17) is 14.2 Å². The quantitative estimate of drug-likeness (QED) is 0.828. The number of hydrogen-bond acceptors (Lipinski definition) is 3. The second-order valence-corrected chi connectivity index (χ2v) is 4.46. The van der Waals surface area contributed by atoms with Gasteiger partial charge in [0.1, 0.15) is 19.6 Å². The smallest absolute Gasteiger partial charge is 0.161 e. The highest BCUT2D eigenvalue weighted by Crippen LogP contribution is 2.27. The molecule has 0 aliphatic carbocycles. The van der Waals surface area contributed by atoms with E-state index in [2.05, 4.69) is 12.1 Å². The molecule has 1 N–H and O–H groups in total. The fraction of sp³-hybridized carbons (Fsp3) is 0.571. The summed E-state index contributed by atoms with van der Waals surface area (Å²) in [6, 6.07) is 6.19. The Kier molecular flexibility index (Phi) is 4.84. The molecule has 0 aromatic heterocycles. The van der Waals surface area contributed by atoms with E-state index in [9.17, 15) is 0 Å². The molecule has 0 unspecified atom stereocenters. The molecule has 0 saturated carbocycles. The Bertz CT molecular complexity index is 375. The van der Waals surface area contributed by atoms with Crippen molar-refractivity contribution in [3.63, 3.8) is 0 Å². The van der Waals surface area contributed by atoms with Crippen LogP contribution in [-0.2, 0) is 11.3 Å². The van der Waals surface area contributed by atoms with Gasteiger partial charge in [-0.05, 0) is 25.1 Å². The van der Waals surface area contributed by atoms with Crippen molar-refractivity contribution in [3.05, 3.63) is 23.8 Å². The van der Waals surface area contributed by atoms with E-state index in [1.807, 2.05) is 13.0 Å². The van der Waals surface area contributed by atoms with Crippen molar-refractivity contribution in [2.45, 2.75) is 13.5 Å². The lowest BCUT2D eigenvalue weighted by atomic mass is 10.2. The first-order chi connectivity index (χ1) is 8.83. The Morgan fingerprint density at radius 2 is 2.00 bits per heavy atom. The molecular weight excluding hydrogens is 230 g/mol. The summed E-state index contributed by atoms with van der Waals surface area (Å²) in [7, 11) is 1.67. The van der Waals surface area contributed by atoms with E-state index in [-0.39, 0.29) is 0 Å². The average molecular weight is 252 g/mol. The first kappa shape index (κ1) is 13.2. The maximum atomic E-state index is 5.60. The molecule has 100 valence electrons. The Balaban J connectivity index is 2.05. The first-order valence-electron chi connectivity index (χ1n) is 6.54. The van der Waals surface area contributed by atoms with Crippen LogP contribution < -0.4 is 14.4 Å². The molecule has 1 aromatic rings. The van der Waals surface area contributed by atoms with Crippen molar-refractivity contribution >= 4 is 0 Å². The SMILES string of the molecule is CCOc1cc(C[NH+]2CCOCC2)ccc1OC. The molecule has 0 amide bonds. The lowest BCUT2D eigenvalue weighted by Gasteiger charge is -2.24. The van der Waals surface area contributed by atoms with Crippen LogP contribution in [0.4, 0.5) is 0 Å². The van der Waals surface area contributed by atoms with Gasteiger partial charge in [-0.3, -0.25) is 0 Å². The maximum absolute atomic E-state index is 5.60. The van der Waals surface area contributed by atoms with Crippen molar-refractivity contribution in [2.75, 3.05) is 40.0 Å². The minimum Gasteiger partial charge on any atom is -0.493 e. The van der Waals surface area contributed by atoms with Crippen LogP contribution in [0.1, 0.15) is 12.5 Å². The van der Waals surface area contributed by atoms with E-state index in [1.165, 1.54) is 5.56 Å². The second kappa shape index (κ2) is 6.61. The third-order valence-corrected chi connectivity index (χ3v) is 3.18. The summed E-state index contributed by atoms with van der Waals surface area (Å²) in [5, 5.41) is 0. The average Bonchev–Trinajstić information content (AvgIpc) is 2.41. The number of rotatable bonds is 5. The fourth-order valence-electron chi connectivity index (χ4n) is 2.22. The molecule has 4 heteroatoms. The topological polar surface area (TPSA) is 32.1 Å². The van der Waals surface area contributed by atoms with Crippen molar-refractivity contribution < 1.29 is 19.1 Å². The number of morpholine rings is 1. The minimum atomic E-state index is 0.657.